The second kappa shape index (κ2) is 7.20. The van der Waals surface area contributed by atoms with E-state index < -0.39 is 23.5 Å². The molecule has 1 aromatic heterocycles. The minimum absolute atomic E-state index is 0.0154. The summed E-state index contributed by atoms with van der Waals surface area (Å²) < 4.78 is 13.4. The standard InChI is InChI=1S/C22H15FN2O4/c23-15-3-5-16(6-4-15)25-19(13-1-7-17(26)8-2-13)18(21(28)22(25)29)20(27)14-9-11-24-12-10-14/h1-12,19,26-27H/b20-18-. The van der Waals surface area contributed by atoms with Crippen molar-refractivity contribution in [1.82, 2.24) is 4.98 Å². The molecule has 1 aliphatic heterocycles. The Hall–Kier alpha value is -4.00. The van der Waals surface area contributed by atoms with Crippen molar-refractivity contribution in [1.29, 1.82) is 0 Å². The lowest BCUT2D eigenvalue weighted by atomic mass is 9.95. The first-order valence-corrected chi connectivity index (χ1v) is 8.73. The summed E-state index contributed by atoms with van der Waals surface area (Å²) in [5.74, 6) is -2.51. The molecule has 2 heterocycles. The molecule has 2 aromatic carbocycles. The highest BCUT2D eigenvalue weighted by Crippen LogP contribution is 2.42. The molecule has 144 valence electrons. The van der Waals surface area contributed by atoms with Crippen LogP contribution in [0, 0.1) is 5.82 Å². The van der Waals surface area contributed by atoms with Gasteiger partial charge in [0.25, 0.3) is 11.7 Å². The number of phenols is 1. The van der Waals surface area contributed by atoms with Gasteiger partial charge < -0.3 is 10.2 Å². The van der Waals surface area contributed by atoms with Crippen molar-refractivity contribution in [3.63, 3.8) is 0 Å². The van der Waals surface area contributed by atoms with Crippen molar-refractivity contribution in [2.24, 2.45) is 0 Å². The SMILES string of the molecule is O=C1C(=O)N(c2ccc(F)cc2)C(c2ccc(O)cc2)/C1=C(/O)c1ccncc1. The summed E-state index contributed by atoms with van der Waals surface area (Å²) in [6, 6.07) is 13.2. The number of anilines is 1. The highest BCUT2D eigenvalue weighted by atomic mass is 19.1. The van der Waals surface area contributed by atoms with Crippen LogP contribution in [0.1, 0.15) is 17.2 Å². The number of ketones is 1. The molecule has 6 nitrogen and oxygen atoms in total. The molecule has 29 heavy (non-hydrogen) atoms. The Kier molecular flexibility index (Phi) is 4.56. The zero-order valence-electron chi connectivity index (χ0n) is 15.0. The predicted molar refractivity (Wildman–Crippen MR) is 104 cm³/mol. The first kappa shape index (κ1) is 18.4. The smallest absolute Gasteiger partial charge is 0.300 e. The number of rotatable bonds is 3. The van der Waals surface area contributed by atoms with Gasteiger partial charge in [0, 0.05) is 23.6 Å². The van der Waals surface area contributed by atoms with Crippen LogP contribution in [0.5, 0.6) is 5.75 Å². The molecule has 0 aliphatic carbocycles. The van der Waals surface area contributed by atoms with Crippen LogP contribution in [0.4, 0.5) is 10.1 Å². The van der Waals surface area contributed by atoms with Crippen LogP contribution in [0.2, 0.25) is 0 Å². The van der Waals surface area contributed by atoms with Gasteiger partial charge in [-0.1, -0.05) is 12.1 Å². The third kappa shape index (κ3) is 3.23. The van der Waals surface area contributed by atoms with E-state index in [1.807, 2.05) is 0 Å². The fraction of sp³-hybridized carbons (Fsp3) is 0.0455. The van der Waals surface area contributed by atoms with Gasteiger partial charge in [0.1, 0.15) is 17.3 Å². The molecular formula is C22H15FN2O4. The van der Waals surface area contributed by atoms with Crippen LogP contribution in [0.3, 0.4) is 0 Å². The molecule has 7 heteroatoms. The number of Topliss-reactive ketones (excluding diaryl/α,β-unsaturated/α-hetero) is 1. The third-order valence-electron chi connectivity index (χ3n) is 4.71. The summed E-state index contributed by atoms with van der Waals surface area (Å²) >= 11 is 0. The van der Waals surface area contributed by atoms with E-state index in [1.165, 1.54) is 65.8 Å². The van der Waals surface area contributed by atoms with E-state index in [-0.39, 0.29) is 17.1 Å². The van der Waals surface area contributed by atoms with Crippen molar-refractivity contribution in [3.8, 4) is 5.75 Å². The molecule has 1 atom stereocenters. The molecule has 0 radical (unpaired) electrons. The van der Waals surface area contributed by atoms with Crippen molar-refractivity contribution >= 4 is 23.1 Å². The normalized spacial score (nSPS) is 18.2. The molecule has 0 spiro atoms. The van der Waals surface area contributed by atoms with E-state index in [4.69, 9.17) is 0 Å². The largest absolute Gasteiger partial charge is 0.508 e. The quantitative estimate of drug-likeness (QED) is 0.405. The van der Waals surface area contributed by atoms with Crippen LogP contribution in [-0.2, 0) is 9.59 Å². The number of hydrogen-bond donors (Lipinski definition) is 2. The Morgan fingerprint density at radius 2 is 1.55 bits per heavy atom. The number of aliphatic hydroxyl groups excluding tert-OH is 1. The van der Waals surface area contributed by atoms with E-state index in [1.54, 1.807) is 12.1 Å². The van der Waals surface area contributed by atoms with E-state index in [9.17, 15) is 24.2 Å². The maximum atomic E-state index is 13.4. The second-order valence-electron chi connectivity index (χ2n) is 6.47. The summed E-state index contributed by atoms with van der Waals surface area (Å²) in [6.45, 7) is 0. The number of aromatic nitrogens is 1. The number of phenolic OH excluding ortho intramolecular Hbond substituents is 1. The van der Waals surface area contributed by atoms with Crippen molar-refractivity contribution in [3.05, 3.63) is 95.6 Å². The molecule has 1 saturated heterocycles. The maximum Gasteiger partial charge on any atom is 0.300 e. The van der Waals surface area contributed by atoms with Crippen molar-refractivity contribution < 1.29 is 24.2 Å². The third-order valence-corrected chi connectivity index (χ3v) is 4.71. The van der Waals surface area contributed by atoms with Gasteiger partial charge in [-0.15, -0.1) is 0 Å². The van der Waals surface area contributed by atoms with Crippen molar-refractivity contribution in [2.45, 2.75) is 6.04 Å². The lowest BCUT2D eigenvalue weighted by molar-refractivity contribution is -0.132. The number of carbonyl (C=O) groups excluding carboxylic acids is 2. The maximum absolute atomic E-state index is 13.4. The fourth-order valence-corrected chi connectivity index (χ4v) is 3.34. The van der Waals surface area contributed by atoms with Crippen LogP contribution in [-0.4, -0.2) is 26.9 Å². The summed E-state index contributed by atoms with van der Waals surface area (Å²) in [6.07, 6.45) is 2.92. The number of aromatic hydroxyl groups is 1. The van der Waals surface area contributed by atoms with E-state index >= 15 is 0 Å². The number of amides is 1. The monoisotopic (exact) mass is 390 g/mol. The van der Waals surface area contributed by atoms with E-state index in [0.717, 1.165) is 0 Å². The van der Waals surface area contributed by atoms with Gasteiger partial charge in [-0.05, 0) is 54.1 Å². The topological polar surface area (TPSA) is 90.7 Å². The molecule has 0 bridgehead atoms. The minimum Gasteiger partial charge on any atom is -0.508 e. The molecule has 0 saturated carbocycles. The number of nitrogens with zero attached hydrogens (tertiary/aromatic N) is 2. The van der Waals surface area contributed by atoms with E-state index in [0.29, 0.717) is 16.8 Å². The lowest BCUT2D eigenvalue weighted by Gasteiger charge is -2.25. The van der Waals surface area contributed by atoms with Gasteiger partial charge in [-0.2, -0.15) is 0 Å². The minimum atomic E-state index is -0.950. The zero-order valence-corrected chi connectivity index (χ0v) is 15.0. The molecule has 1 aliphatic rings. The highest BCUT2D eigenvalue weighted by Gasteiger charge is 2.46. The Morgan fingerprint density at radius 1 is 0.931 bits per heavy atom. The number of carbonyl (C=O) groups is 2. The van der Waals surface area contributed by atoms with E-state index in [2.05, 4.69) is 4.98 Å². The second-order valence-corrected chi connectivity index (χ2v) is 6.47. The Balaban J connectivity index is 1.94. The predicted octanol–water partition coefficient (Wildman–Crippen LogP) is 3.55. The molecule has 1 unspecified atom stereocenters. The van der Waals surface area contributed by atoms with Gasteiger partial charge >= 0.3 is 0 Å². The zero-order chi connectivity index (χ0) is 20.5. The average molecular weight is 390 g/mol. The van der Waals surface area contributed by atoms with Gasteiger partial charge in [-0.3, -0.25) is 19.5 Å². The Morgan fingerprint density at radius 3 is 2.17 bits per heavy atom. The van der Waals surface area contributed by atoms with Gasteiger partial charge in [0.15, 0.2) is 0 Å². The van der Waals surface area contributed by atoms with Crippen LogP contribution in [0.25, 0.3) is 5.76 Å². The van der Waals surface area contributed by atoms with Gasteiger partial charge in [0.2, 0.25) is 0 Å². The summed E-state index contributed by atoms with van der Waals surface area (Å²) in [7, 11) is 0. The van der Waals surface area contributed by atoms with Crippen LogP contribution >= 0.6 is 0 Å². The summed E-state index contributed by atoms with van der Waals surface area (Å²) in [5.41, 5.74) is 1.04. The number of benzene rings is 2. The highest BCUT2D eigenvalue weighted by molar-refractivity contribution is 6.51. The number of halogens is 1. The molecule has 1 fully saturated rings. The first-order chi connectivity index (χ1) is 14.0. The summed E-state index contributed by atoms with van der Waals surface area (Å²) in [5, 5.41) is 20.5. The van der Waals surface area contributed by atoms with Gasteiger partial charge in [-0.25, -0.2) is 4.39 Å². The first-order valence-electron chi connectivity index (χ1n) is 8.73. The number of pyridine rings is 1. The number of aliphatic hydroxyl groups is 1. The molecule has 1 amide bonds. The van der Waals surface area contributed by atoms with Gasteiger partial charge in [0.05, 0.1) is 11.6 Å². The van der Waals surface area contributed by atoms with Crippen LogP contribution in [0.15, 0.2) is 78.6 Å². The van der Waals surface area contributed by atoms with Crippen molar-refractivity contribution in [2.75, 3.05) is 4.90 Å². The molecule has 4 rings (SSSR count). The lowest BCUT2D eigenvalue weighted by Crippen LogP contribution is -2.29. The Bertz CT molecular complexity index is 1110. The molecular weight excluding hydrogens is 375 g/mol. The summed E-state index contributed by atoms with van der Waals surface area (Å²) in [4.78, 5) is 30.8. The molecule has 3 aromatic rings. The molecule has 2 N–H and O–H groups in total. The number of hydrogen-bond acceptors (Lipinski definition) is 5. The Labute approximate surface area is 165 Å². The fourth-order valence-electron chi connectivity index (χ4n) is 3.34. The van der Waals surface area contributed by atoms with Crippen LogP contribution < -0.4 is 4.90 Å². The average Bonchev–Trinajstić information content (AvgIpc) is 3.00.